The number of aromatic hydroxyl groups is 2. The summed E-state index contributed by atoms with van der Waals surface area (Å²) in [5.41, 5.74) is 6.86. The van der Waals surface area contributed by atoms with Crippen molar-refractivity contribution in [3.63, 3.8) is 0 Å². The number of methoxy groups -OCH3 is 1. The Morgan fingerprint density at radius 2 is 1.75 bits per heavy atom. The number of carbonyl (C=O) groups excluding carboxylic acids is 1. The highest BCUT2D eigenvalue weighted by molar-refractivity contribution is 6.04. The van der Waals surface area contributed by atoms with E-state index in [9.17, 15) is 20.1 Å². The molecular formula is C45H49N3O7. The third-order valence-electron chi connectivity index (χ3n) is 10.4. The molecule has 4 aromatic carbocycles. The minimum Gasteiger partial charge on any atom is -0.508 e. The Morgan fingerprint density at radius 3 is 2.49 bits per heavy atom. The number of ketones is 1. The molecule has 0 bridgehead atoms. The number of carbonyl (C=O) groups is 1. The van der Waals surface area contributed by atoms with Crippen molar-refractivity contribution in [3.8, 4) is 39.9 Å². The van der Waals surface area contributed by atoms with Gasteiger partial charge in [-0.25, -0.2) is 0 Å². The maximum absolute atomic E-state index is 14.1. The fraction of sp³-hybridized carbons (Fsp3) is 0.311. The molecule has 2 aliphatic heterocycles. The maximum Gasteiger partial charge on any atom is 0.204 e. The number of nitrogens with zero attached hydrogens (tertiary/aromatic N) is 1. The number of aliphatic hydroxyl groups excluding tert-OH is 1. The molecule has 10 nitrogen and oxygen atoms in total. The van der Waals surface area contributed by atoms with Crippen LogP contribution in [0.3, 0.4) is 0 Å². The predicted molar refractivity (Wildman–Crippen MR) is 215 cm³/mol. The van der Waals surface area contributed by atoms with Gasteiger partial charge in [0, 0.05) is 49.4 Å². The van der Waals surface area contributed by atoms with E-state index in [0.29, 0.717) is 18.4 Å². The number of aryl methyl sites for hydroxylation is 2. The van der Waals surface area contributed by atoms with Gasteiger partial charge >= 0.3 is 0 Å². The summed E-state index contributed by atoms with van der Waals surface area (Å²) in [4.78, 5) is 20.1. The van der Waals surface area contributed by atoms with E-state index < -0.39 is 12.2 Å². The molecule has 7 rings (SSSR count). The van der Waals surface area contributed by atoms with Crippen LogP contribution in [0.5, 0.6) is 28.7 Å². The average molecular weight is 744 g/mol. The summed E-state index contributed by atoms with van der Waals surface area (Å²) < 4.78 is 18.5. The lowest BCUT2D eigenvalue weighted by molar-refractivity contribution is 0.0836. The van der Waals surface area contributed by atoms with Gasteiger partial charge in [0.1, 0.15) is 29.0 Å². The van der Waals surface area contributed by atoms with Crippen LogP contribution in [0, 0.1) is 0 Å². The first kappa shape index (κ1) is 37.6. The van der Waals surface area contributed by atoms with Crippen molar-refractivity contribution in [3.05, 3.63) is 125 Å². The molecule has 5 aromatic rings. The predicted octanol–water partition coefficient (Wildman–Crippen LogP) is 7.41. The molecule has 0 spiro atoms. The molecule has 0 aliphatic carbocycles. The zero-order valence-electron chi connectivity index (χ0n) is 31.4. The number of hydrogen-bond acceptors (Lipinski definition) is 9. The second kappa shape index (κ2) is 17.2. The molecular weight excluding hydrogens is 695 g/mol. The van der Waals surface area contributed by atoms with Gasteiger partial charge in [-0.2, -0.15) is 0 Å². The van der Waals surface area contributed by atoms with E-state index in [1.54, 1.807) is 30.3 Å². The van der Waals surface area contributed by atoms with Crippen LogP contribution >= 0.6 is 0 Å². The number of phenols is 2. The fourth-order valence-corrected chi connectivity index (χ4v) is 7.37. The number of benzene rings is 4. The van der Waals surface area contributed by atoms with Crippen LogP contribution in [0.25, 0.3) is 17.2 Å². The van der Waals surface area contributed by atoms with Gasteiger partial charge in [-0.1, -0.05) is 85.8 Å². The lowest BCUT2D eigenvalue weighted by Gasteiger charge is -2.30. The van der Waals surface area contributed by atoms with E-state index in [2.05, 4.69) is 52.5 Å². The number of piperazine rings is 1. The van der Waals surface area contributed by atoms with E-state index in [-0.39, 0.29) is 59.5 Å². The van der Waals surface area contributed by atoms with Crippen LogP contribution in [-0.4, -0.2) is 72.1 Å². The van der Waals surface area contributed by atoms with Crippen LogP contribution in [0.1, 0.15) is 64.2 Å². The topological polar surface area (TPSA) is 137 Å². The number of aromatic amines is 1. The molecule has 1 saturated heterocycles. The molecule has 2 atom stereocenters. The van der Waals surface area contributed by atoms with Crippen molar-refractivity contribution in [2.45, 2.75) is 51.2 Å². The van der Waals surface area contributed by atoms with E-state index in [1.165, 1.54) is 12.8 Å². The Kier molecular flexibility index (Phi) is 11.7. The third kappa shape index (κ3) is 8.51. The van der Waals surface area contributed by atoms with Gasteiger partial charge in [0.15, 0.2) is 17.3 Å². The highest BCUT2D eigenvalue weighted by atomic mass is 16.5. The molecule has 5 N–H and O–H groups in total. The van der Waals surface area contributed by atoms with E-state index in [1.807, 2.05) is 36.4 Å². The molecule has 1 aromatic heterocycles. The van der Waals surface area contributed by atoms with Crippen LogP contribution in [0.4, 0.5) is 5.82 Å². The zero-order chi connectivity index (χ0) is 38.3. The summed E-state index contributed by atoms with van der Waals surface area (Å²) in [5, 5.41) is 35.9. The van der Waals surface area contributed by atoms with Crippen molar-refractivity contribution in [2.24, 2.45) is 0 Å². The minimum atomic E-state index is -0.802. The normalized spacial score (nSPS) is 16.2. The second-order valence-electron chi connectivity index (χ2n) is 14.0. The Bertz CT molecular complexity index is 2120. The number of aromatic nitrogens is 1. The summed E-state index contributed by atoms with van der Waals surface area (Å²) in [6.45, 7) is 5.94. The van der Waals surface area contributed by atoms with Gasteiger partial charge in [-0.05, 0) is 59.7 Å². The van der Waals surface area contributed by atoms with Gasteiger partial charge in [-0.3, -0.25) is 4.79 Å². The van der Waals surface area contributed by atoms with E-state index in [4.69, 9.17) is 14.2 Å². The molecule has 3 heterocycles. The highest BCUT2D eigenvalue weighted by Gasteiger charge is 2.37. The zero-order valence-corrected chi connectivity index (χ0v) is 31.4. The number of Topliss-reactive ketones (excluding diaryl/α,β-unsaturated/α-hetero) is 1. The van der Waals surface area contributed by atoms with Crippen LogP contribution < -0.4 is 24.4 Å². The lowest BCUT2D eigenvalue weighted by atomic mass is 9.90. The van der Waals surface area contributed by atoms with Gasteiger partial charge in [-0.15, -0.1) is 0 Å². The summed E-state index contributed by atoms with van der Waals surface area (Å²) in [5.74, 6) is 1.26. The van der Waals surface area contributed by atoms with Crippen LogP contribution in [0.15, 0.2) is 91.0 Å². The Morgan fingerprint density at radius 1 is 0.964 bits per heavy atom. The minimum absolute atomic E-state index is 0.0256. The summed E-state index contributed by atoms with van der Waals surface area (Å²) in [6.07, 6.45) is 4.17. The number of phenolic OH excluding ortho intramolecular Hbond substituents is 2. The molecule has 55 heavy (non-hydrogen) atoms. The quantitative estimate of drug-likeness (QED) is 0.0788. The van der Waals surface area contributed by atoms with Crippen molar-refractivity contribution < 1.29 is 34.3 Å². The number of rotatable bonds is 14. The maximum atomic E-state index is 14.1. The highest BCUT2D eigenvalue weighted by Crippen LogP contribution is 2.53. The van der Waals surface area contributed by atoms with Gasteiger partial charge < -0.3 is 44.7 Å². The van der Waals surface area contributed by atoms with Crippen molar-refractivity contribution >= 4 is 17.7 Å². The van der Waals surface area contributed by atoms with Crippen molar-refractivity contribution in [2.75, 3.05) is 44.8 Å². The van der Waals surface area contributed by atoms with Crippen LogP contribution in [0.2, 0.25) is 0 Å². The number of H-pyrrole nitrogens is 1. The monoisotopic (exact) mass is 743 g/mol. The van der Waals surface area contributed by atoms with Crippen LogP contribution in [-0.2, 0) is 19.3 Å². The molecule has 0 saturated carbocycles. The molecule has 2 aliphatic rings. The Labute approximate surface area is 322 Å². The smallest absolute Gasteiger partial charge is 0.204 e. The van der Waals surface area contributed by atoms with E-state index >= 15 is 0 Å². The molecule has 0 radical (unpaired) electrons. The molecule has 1 fully saturated rings. The van der Waals surface area contributed by atoms with Gasteiger partial charge in [0.05, 0.1) is 26.2 Å². The fourth-order valence-electron chi connectivity index (χ4n) is 7.37. The average Bonchev–Trinajstić information content (AvgIpc) is 3.66. The van der Waals surface area contributed by atoms with E-state index in [0.717, 1.165) is 66.2 Å². The number of fused-ring (bicyclic) bond motifs is 1. The molecule has 10 heteroatoms. The third-order valence-corrected chi connectivity index (χ3v) is 10.4. The van der Waals surface area contributed by atoms with Crippen molar-refractivity contribution in [1.29, 1.82) is 0 Å². The Hall–Kier alpha value is -5.71. The van der Waals surface area contributed by atoms with Gasteiger partial charge in [0.2, 0.25) is 5.75 Å². The first-order valence-electron chi connectivity index (χ1n) is 19.1. The number of nitrogens with one attached hydrogen (secondary N) is 2. The first-order valence-corrected chi connectivity index (χ1v) is 19.1. The SMILES string of the molecule is CCc1cc(-c2cccc(CCc3c(O)c(OC)c(OCC[C@@H](O)/C=C/c4ccccc4)c4c3OC(c3ccc(O)cc3)CC4=O)c2)c(N2CCNCC2)[nH]1. The lowest BCUT2D eigenvalue weighted by Crippen LogP contribution is -2.43. The second-order valence-corrected chi connectivity index (χ2v) is 14.0. The summed E-state index contributed by atoms with van der Waals surface area (Å²) in [6, 6.07) is 27.0. The number of anilines is 1. The number of aliphatic hydroxyl groups is 1. The molecule has 1 unspecified atom stereocenters. The number of ether oxygens (including phenoxy) is 3. The number of hydrogen-bond donors (Lipinski definition) is 5. The largest absolute Gasteiger partial charge is 0.508 e. The molecule has 286 valence electrons. The standard InChI is InChI=1S/C45H49N3O7/c1-3-33-27-37(45(47-33)48-23-21-46-22-24-48)32-11-7-10-30(26-32)13-19-36-41(52)44(53-2)43(54-25-20-35(50)16-12-29-8-5-4-6-9-29)40-38(51)28-39(55-42(36)40)31-14-17-34(49)18-15-31/h4-12,14-18,26-27,35,39,46-47,49-50,52H,3,13,19-25,28H2,1-2H3/b16-12+/t35-,39?/m0/s1. The Balaban J connectivity index is 1.18. The first-order chi connectivity index (χ1) is 26.8. The molecule has 0 amide bonds. The van der Waals surface area contributed by atoms with Gasteiger partial charge in [0.25, 0.3) is 0 Å². The summed E-state index contributed by atoms with van der Waals surface area (Å²) >= 11 is 0. The summed E-state index contributed by atoms with van der Waals surface area (Å²) in [7, 11) is 1.43. The van der Waals surface area contributed by atoms with Crippen molar-refractivity contribution in [1.82, 2.24) is 10.3 Å².